The van der Waals surface area contributed by atoms with Crippen molar-refractivity contribution in [1.82, 2.24) is 4.90 Å². The maximum absolute atomic E-state index is 13.1. The minimum atomic E-state index is -4.36. The van der Waals surface area contributed by atoms with Crippen LogP contribution in [0.5, 0.6) is 11.5 Å². The van der Waals surface area contributed by atoms with Gasteiger partial charge in [0.25, 0.3) is 0 Å². The Morgan fingerprint density at radius 2 is 1.61 bits per heavy atom. The lowest BCUT2D eigenvalue weighted by Gasteiger charge is -2.27. The first-order chi connectivity index (χ1) is 18.0. The van der Waals surface area contributed by atoms with Gasteiger partial charge in [-0.3, -0.25) is 0 Å². The van der Waals surface area contributed by atoms with Crippen molar-refractivity contribution in [1.29, 1.82) is 0 Å². The number of carbonyl (C=O) groups is 2. The van der Waals surface area contributed by atoms with E-state index in [4.69, 9.17) is 13.7 Å². The Bertz CT molecular complexity index is 1390. The van der Waals surface area contributed by atoms with Gasteiger partial charge in [-0.2, -0.15) is 8.42 Å². The highest BCUT2D eigenvalue weighted by Crippen LogP contribution is 2.26. The van der Waals surface area contributed by atoms with Crippen molar-refractivity contribution in [3.05, 3.63) is 83.9 Å². The van der Waals surface area contributed by atoms with Crippen LogP contribution in [0.3, 0.4) is 0 Å². The van der Waals surface area contributed by atoms with Gasteiger partial charge in [0.05, 0.1) is 24.5 Å². The fourth-order valence-corrected chi connectivity index (χ4v) is 4.73. The number of benzene rings is 3. The molecule has 38 heavy (non-hydrogen) atoms. The Morgan fingerprint density at radius 1 is 0.921 bits per heavy atom. The molecule has 0 aromatic heterocycles. The summed E-state index contributed by atoms with van der Waals surface area (Å²) in [5.41, 5.74) is 1.06. The van der Waals surface area contributed by atoms with Crippen molar-refractivity contribution in [2.45, 2.75) is 51.3 Å². The number of para-hydroxylation sites is 2. The van der Waals surface area contributed by atoms with Crippen molar-refractivity contribution in [2.75, 3.05) is 12.4 Å². The minimum Gasteiger partial charge on any atom is -0.495 e. The third-order valence-electron chi connectivity index (χ3n) is 5.41. The molecule has 1 N–H and O–H groups in total. The Kier molecular flexibility index (Phi) is 9.35. The summed E-state index contributed by atoms with van der Waals surface area (Å²) in [7, 11) is -2.83. The van der Waals surface area contributed by atoms with Gasteiger partial charge in [0.15, 0.2) is 0 Å². The molecule has 0 saturated heterocycles. The van der Waals surface area contributed by atoms with E-state index in [-0.39, 0.29) is 34.8 Å². The summed E-state index contributed by atoms with van der Waals surface area (Å²) in [6, 6.07) is 18.7. The second-order valence-electron chi connectivity index (χ2n) is 8.99. The molecule has 10 heteroatoms. The van der Waals surface area contributed by atoms with E-state index in [9.17, 15) is 18.0 Å². The van der Waals surface area contributed by atoms with Crippen LogP contribution in [-0.2, 0) is 21.4 Å². The fraction of sp³-hybridized carbons (Fsp3) is 0.286. The molecule has 3 aromatic carbocycles. The molecule has 3 rings (SSSR count). The summed E-state index contributed by atoms with van der Waals surface area (Å²) < 4.78 is 42.1. The molecule has 0 spiro atoms. The van der Waals surface area contributed by atoms with Gasteiger partial charge < -0.3 is 23.9 Å². The lowest BCUT2D eigenvalue weighted by atomic mass is 10.2. The van der Waals surface area contributed by atoms with E-state index < -0.39 is 22.2 Å². The van der Waals surface area contributed by atoms with Crippen LogP contribution < -0.4 is 14.2 Å². The number of rotatable bonds is 10. The van der Waals surface area contributed by atoms with E-state index in [2.05, 4.69) is 5.32 Å². The smallest absolute Gasteiger partial charge is 0.340 e. The molecule has 0 fully saturated rings. The number of nitrogens with zero attached hydrogens (tertiary/aromatic N) is 1. The number of urea groups is 1. The summed E-state index contributed by atoms with van der Waals surface area (Å²) >= 11 is 0. The largest absolute Gasteiger partial charge is 0.495 e. The van der Waals surface area contributed by atoms with Crippen LogP contribution in [-0.4, -0.2) is 44.6 Å². The van der Waals surface area contributed by atoms with Crippen LogP contribution in [0, 0.1) is 0 Å². The molecule has 3 aromatic rings. The first-order valence-electron chi connectivity index (χ1n) is 12.1. The van der Waals surface area contributed by atoms with Gasteiger partial charge in [0.1, 0.15) is 16.4 Å². The molecule has 0 bridgehead atoms. The van der Waals surface area contributed by atoms with E-state index in [1.807, 2.05) is 13.8 Å². The van der Waals surface area contributed by atoms with E-state index >= 15 is 0 Å². The zero-order valence-electron chi connectivity index (χ0n) is 22.0. The summed E-state index contributed by atoms with van der Waals surface area (Å²) in [5, 5.41) is 2.86. The number of anilines is 1. The van der Waals surface area contributed by atoms with Crippen molar-refractivity contribution >= 4 is 27.8 Å². The summed E-state index contributed by atoms with van der Waals surface area (Å²) in [6.07, 6.45) is -0.417. The Labute approximate surface area is 223 Å². The van der Waals surface area contributed by atoms with Gasteiger partial charge in [-0.25, -0.2) is 9.59 Å². The van der Waals surface area contributed by atoms with Crippen LogP contribution in [0.1, 0.15) is 43.6 Å². The van der Waals surface area contributed by atoms with E-state index in [1.165, 1.54) is 31.4 Å². The highest BCUT2D eigenvalue weighted by atomic mass is 32.2. The van der Waals surface area contributed by atoms with Crippen molar-refractivity contribution in [3.8, 4) is 11.5 Å². The van der Waals surface area contributed by atoms with Gasteiger partial charge in [-0.05, 0) is 69.7 Å². The van der Waals surface area contributed by atoms with Crippen molar-refractivity contribution < 1.29 is 31.7 Å². The first-order valence-corrected chi connectivity index (χ1v) is 13.5. The van der Waals surface area contributed by atoms with Crippen LogP contribution >= 0.6 is 0 Å². The van der Waals surface area contributed by atoms with Crippen molar-refractivity contribution in [3.63, 3.8) is 0 Å². The number of carbonyl (C=O) groups excluding carboxylic acids is 2. The third-order valence-corrected chi connectivity index (χ3v) is 6.72. The summed E-state index contributed by atoms with van der Waals surface area (Å²) in [6.45, 7) is 7.29. The second kappa shape index (κ2) is 12.5. The van der Waals surface area contributed by atoms with Gasteiger partial charge in [0, 0.05) is 12.6 Å². The van der Waals surface area contributed by atoms with Crippen LogP contribution in [0.4, 0.5) is 10.5 Å². The number of hydrogen-bond donors (Lipinski definition) is 1. The Morgan fingerprint density at radius 3 is 2.29 bits per heavy atom. The third kappa shape index (κ3) is 7.25. The molecule has 2 amide bonds. The summed E-state index contributed by atoms with van der Waals surface area (Å²) in [5.74, 6) is -0.184. The van der Waals surface area contributed by atoms with Gasteiger partial charge >= 0.3 is 22.1 Å². The molecule has 0 aliphatic rings. The van der Waals surface area contributed by atoms with Crippen molar-refractivity contribution in [2.24, 2.45) is 0 Å². The highest BCUT2D eigenvalue weighted by Gasteiger charge is 2.26. The molecular weight excluding hydrogens is 508 g/mol. The maximum atomic E-state index is 13.1. The van der Waals surface area contributed by atoms with Crippen LogP contribution in [0.25, 0.3) is 0 Å². The summed E-state index contributed by atoms with van der Waals surface area (Å²) in [4.78, 5) is 26.8. The Balaban J connectivity index is 1.81. The lowest BCUT2D eigenvalue weighted by Crippen LogP contribution is -2.39. The van der Waals surface area contributed by atoms with E-state index in [0.29, 0.717) is 17.0 Å². The van der Waals surface area contributed by atoms with Crippen LogP contribution in [0.15, 0.2) is 77.7 Å². The first kappa shape index (κ1) is 28.5. The normalized spacial score (nSPS) is 11.2. The molecule has 0 saturated carbocycles. The molecule has 0 heterocycles. The van der Waals surface area contributed by atoms with E-state index in [0.717, 1.165) is 0 Å². The predicted molar refractivity (Wildman–Crippen MR) is 144 cm³/mol. The van der Waals surface area contributed by atoms with Gasteiger partial charge in [-0.15, -0.1) is 0 Å². The molecule has 0 radical (unpaired) electrons. The quantitative estimate of drug-likeness (QED) is 0.268. The highest BCUT2D eigenvalue weighted by molar-refractivity contribution is 7.87. The number of hydrogen-bond acceptors (Lipinski definition) is 7. The number of methoxy groups -OCH3 is 1. The SMILES string of the molecule is COc1ccccc1NC(=O)N(Cc1cccc(OS(=O)(=O)c2ccccc2C(=O)OC(C)C)c1)C(C)C. The lowest BCUT2D eigenvalue weighted by molar-refractivity contribution is 0.0373. The zero-order valence-corrected chi connectivity index (χ0v) is 22.8. The molecule has 202 valence electrons. The predicted octanol–water partition coefficient (Wildman–Crippen LogP) is 5.47. The maximum Gasteiger partial charge on any atom is 0.340 e. The molecule has 0 aliphatic heterocycles. The van der Waals surface area contributed by atoms with E-state index in [1.54, 1.807) is 67.3 Å². The molecular formula is C28H32N2O7S. The van der Waals surface area contributed by atoms with Gasteiger partial charge in [-0.1, -0.05) is 36.4 Å². The molecule has 0 atom stereocenters. The number of amides is 2. The number of ether oxygens (including phenoxy) is 2. The monoisotopic (exact) mass is 540 g/mol. The standard InChI is InChI=1S/C28H32N2O7S/c1-19(2)30(28(32)29-24-14-7-8-15-25(24)35-5)18-21-11-10-12-22(17-21)37-38(33,34)26-16-9-6-13-23(26)27(31)36-20(3)4/h6-17,19-20H,18H2,1-5H3,(H,29,32). The molecule has 0 unspecified atom stereocenters. The molecule has 9 nitrogen and oxygen atoms in total. The fourth-order valence-electron chi connectivity index (χ4n) is 3.62. The number of esters is 1. The average Bonchev–Trinajstić information content (AvgIpc) is 2.87. The second-order valence-corrected chi connectivity index (χ2v) is 10.5. The van der Waals surface area contributed by atoms with Crippen LogP contribution in [0.2, 0.25) is 0 Å². The minimum absolute atomic E-state index is 0.0448. The Hall–Kier alpha value is -4.05. The number of nitrogens with one attached hydrogen (secondary N) is 1. The topological polar surface area (TPSA) is 111 Å². The van der Waals surface area contributed by atoms with Gasteiger partial charge in [0.2, 0.25) is 0 Å². The zero-order chi connectivity index (χ0) is 27.9. The molecule has 0 aliphatic carbocycles. The average molecular weight is 541 g/mol.